The standard InChI is InChI=1S/C26H29N5O3/c1-6-22(25(32)27-15-19-8-7-9-21(14-19)34-5)31-26(33)24-23(17(3)28-31)18(4)30(29-24)20-12-10-16(2)11-13-20/h7-14,22H,6,15H2,1-5H3,(H,27,32)/t22-/m0/s1. The zero-order valence-corrected chi connectivity index (χ0v) is 20.1. The van der Waals surface area contributed by atoms with Gasteiger partial charge in [-0.15, -0.1) is 0 Å². The first kappa shape index (κ1) is 23.2. The van der Waals surface area contributed by atoms with Gasteiger partial charge in [0.15, 0.2) is 5.52 Å². The fraction of sp³-hybridized carbons (Fsp3) is 0.308. The first-order chi connectivity index (χ1) is 16.3. The minimum atomic E-state index is -0.744. The van der Waals surface area contributed by atoms with Crippen molar-refractivity contribution in [3.05, 3.63) is 81.4 Å². The summed E-state index contributed by atoms with van der Waals surface area (Å²) in [5.41, 5.74) is 4.34. The van der Waals surface area contributed by atoms with Crippen molar-refractivity contribution in [2.24, 2.45) is 0 Å². The minimum absolute atomic E-state index is 0.270. The maximum absolute atomic E-state index is 13.4. The second-order valence-electron chi connectivity index (χ2n) is 8.38. The average molecular weight is 460 g/mol. The Kier molecular flexibility index (Phi) is 6.49. The van der Waals surface area contributed by atoms with E-state index < -0.39 is 6.04 Å². The van der Waals surface area contributed by atoms with E-state index in [4.69, 9.17) is 4.74 Å². The predicted octanol–water partition coefficient (Wildman–Crippen LogP) is 3.78. The number of ether oxygens (including phenoxy) is 1. The molecule has 2 aromatic heterocycles. The van der Waals surface area contributed by atoms with Gasteiger partial charge in [-0.2, -0.15) is 10.2 Å². The molecule has 1 N–H and O–H groups in total. The van der Waals surface area contributed by atoms with E-state index in [9.17, 15) is 9.59 Å². The van der Waals surface area contributed by atoms with Crippen LogP contribution in [0.2, 0.25) is 0 Å². The third-order valence-corrected chi connectivity index (χ3v) is 6.01. The number of methoxy groups -OCH3 is 1. The van der Waals surface area contributed by atoms with Crippen molar-refractivity contribution in [2.75, 3.05) is 7.11 Å². The first-order valence-corrected chi connectivity index (χ1v) is 11.3. The van der Waals surface area contributed by atoms with Crippen LogP contribution in [0.25, 0.3) is 16.6 Å². The van der Waals surface area contributed by atoms with Crippen molar-refractivity contribution in [3.8, 4) is 11.4 Å². The Morgan fingerprint density at radius 2 is 1.82 bits per heavy atom. The summed E-state index contributed by atoms with van der Waals surface area (Å²) >= 11 is 0. The summed E-state index contributed by atoms with van der Waals surface area (Å²) in [6.07, 6.45) is 0.416. The van der Waals surface area contributed by atoms with Crippen LogP contribution in [0, 0.1) is 20.8 Å². The molecule has 8 heteroatoms. The first-order valence-electron chi connectivity index (χ1n) is 11.3. The number of benzene rings is 2. The van der Waals surface area contributed by atoms with Gasteiger partial charge in [0.1, 0.15) is 11.8 Å². The van der Waals surface area contributed by atoms with Gasteiger partial charge in [0.05, 0.1) is 29.6 Å². The fourth-order valence-corrected chi connectivity index (χ4v) is 4.16. The van der Waals surface area contributed by atoms with Crippen LogP contribution in [0.3, 0.4) is 0 Å². The van der Waals surface area contributed by atoms with Gasteiger partial charge < -0.3 is 10.1 Å². The third-order valence-electron chi connectivity index (χ3n) is 6.01. The maximum atomic E-state index is 13.4. The molecule has 0 radical (unpaired) electrons. The Hall–Kier alpha value is -3.94. The molecule has 0 aliphatic heterocycles. The number of carbonyl (C=O) groups is 1. The molecule has 2 heterocycles. The Bertz CT molecular complexity index is 1400. The summed E-state index contributed by atoms with van der Waals surface area (Å²) < 4.78 is 8.27. The Morgan fingerprint density at radius 3 is 2.50 bits per heavy atom. The molecule has 0 spiro atoms. The molecule has 0 unspecified atom stereocenters. The van der Waals surface area contributed by atoms with Crippen LogP contribution in [0.15, 0.2) is 53.3 Å². The lowest BCUT2D eigenvalue weighted by atomic mass is 10.1. The van der Waals surface area contributed by atoms with E-state index in [0.717, 1.165) is 28.3 Å². The molecular weight excluding hydrogens is 430 g/mol. The summed E-state index contributed by atoms with van der Waals surface area (Å²) in [6, 6.07) is 14.7. The van der Waals surface area contributed by atoms with E-state index in [1.807, 2.05) is 76.2 Å². The van der Waals surface area contributed by atoms with Gasteiger partial charge in [-0.05, 0) is 57.0 Å². The van der Waals surface area contributed by atoms with Crippen molar-refractivity contribution in [1.29, 1.82) is 0 Å². The highest BCUT2D eigenvalue weighted by Gasteiger charge is 2.25. The average Bonchev–Trinajstić information content (AvgIpc) is 3.19. The molecule has 0 saturated carbocycles. The number of fused-ring (bicyclic) bond motifs is 1. The molecule has 1 atom stereocenters. The number of nitrogens with one attached hydrogen (secondary N) is 1. The van der Waals surface area contributed by atoms with Gasteiger partial charge in [0, 0.05) is 6.54 Å². The number of hydrogen-bond donors (Lipinski definition) is 1. The summed E-state index contributed by atoms with van der Waals surface area (Å²) in [7, 11) is 1.60. The second kappa shape index (κ2) is 9.51. The van der Waals surface area contributed by atoms with Crippen molar-refractivity contribution in [3.63, 3.8) is 0 Å². The highest BCUT2D eigenvalue weighted by atomic mass is 16.5. The van der Waals surface area contributed by atoms with Crippen molar-refractivity contribution in [1.82, 2.24) is 24.9 Å². The molecule has 0 aliphatic carbocycles. The molecule has 34 heavy (non-hydrogen) atoms. The van der Waals surface area contributed by atoms with Crippen LogP contribution in [0.1, 0.15) is 41.9 Å². The number of nitrogens with zero attached hydrogens (tertiary/aromatic N) is 4. The summed E-state index contributed by atoms with van der Waals surface area (Å²) in [6.45, 7) is 7.97. The number of rotatable bonds is 7. The molecule has 0 saturated heterocycles. The van der Waals surface area contributed by atoms with Crippen LogP contribution in [-0.2, 0) is 11.3 Å². The van der Waals surface area contributed by atoms with Crippen molar-refractivity contribution in [2.45, 2.75) is 46.7 Å². The molecule has 0 fully saturated rings. The molecule has 1 amide bonds. The topological polar surface area (TPSA) is 91.0 Å². The minimum Gasteiger partial charge on any atom is -0.497 e. The number of aryl methyl sites for hydroxylation is 3. The molecule has 4 rings (SSSR count). The normalized spacial score (nSPS) is 12.0. The molecule has 0 aliphatic rings. The highest BCUT2D eigenvalue weighted by Crippen LogP contribution is 2.22. The number of carbonyl (C=O) groups excluding carboxylic acids is 1. The van der Waals surface area contributed by atoms with Gasteiger partial charge in [-0.25, -0.2) is 9.36 Å². The van der Waals surface area contributed by atoms with E-state index >= 15 is 0 Å². The van der Waals surface area contributed by atoms with Gasteiger partial charge in [-0.1, -0.05) is 36.8 Å². The predicted molar refractivity (Wildman–Crippen MR) is 132 cm³/mol. The Balaban J connectivity index is 1.68. The van der Waals surface area contributed by atoms with Crippen LogP contribution in [-0.4, -0.2) is 32.6 Å². The smallest absolute Gasteiger partial charge is 0.295 e. The molecule has 4 aromatic rings. The van der Waals surface area contributed by atoms with Crippen LogP contribution < -0.4 is 15.6 Å². The quantitative estimate of drug-likeness (QED) is 0.454. The van der Waals surface area contributed by atoms with E-state index in [2.05, 4.69) is 15.5 Å². The van der Waals surface area contributed by atoms with Gasteiger partial charge in [0.25, 0.3) is 5.56 Å². The SMILES string of the molecule is CC[C@@H](C(=O)NCc1cccc(OC)c1)n1nc(C)c2c(C)n(-c3ccc(C)cc3)nc2c1=O. The van der Waals surface area contributed by atoms with Crippen molar-refractivity contribution >= 4 is 16.8 Å². The van der Waals surface area contributed by atoms with E-state index in [-0.39, 0.29) is 11.5 Å². The summed E-state index contributed by atoms with van der Waals surface area (Å²) in [5.74, 6) is 0.450. The number of aromatic nitrogens is 4. The van der Waals surface area contributed by atoms with Crippen LogP contribution in [0.4, 0.5) is 0 Å². The van der Waals surface area contributed by atoms with Crippen molar-refractivity contribution < 1.29 is 9.53 Å². The monoisotopic (exact) mass is 459 g/mol. The Labute approximate surface area is 198 Å². The lowest BCUT2D eigenvalue weighted by molar-refractivity contribution is -0.125. The van der Waals surface area contributed by atoms with Gasteiger partial charge in [-0.3, -0.25) is 9.59 Å². The molecular formula is C26H29N5O3. The summed E-state index contributed by atoms with van der Waals surface area (Å²) in [5, 5.41) is 12.8. The molecule has 0 bridgehead atoms. The maximum Gasteiger partial charge on any atom is 0.295 e. The number of hydrogen-bond acceptors (Lipinski definition) is 5. The zero-order valence-electron chi connectivity index (χ0n) is 20.1. The van der Waals surface area contributed by atoms with Crippen LogP contribution in [0.5, 0.6) is 5.75 Å². The lowest BCUT2D eigenvalue weighted by Gasteiger charge is -2.17. The number of amides is 1. The van der Waals surface area contributed by atoms with Gasteiger partial charge >= 0.3 is 0 Å². The van der Waals surface area contributed by atoms with Crippen LogP contribution >= 0.6 is 0 Å². The van der Waals surface area contributed by atoms with E-state index in [0.29, 0.717) is 29.6 Å². The third kappa shape index (κ3) is 4.31. The largest absolute Gasteiger partial charge is 0.497 e. The molecule has 8 nitrogen and oxygen atoms in total. The second-order valence-corrected chi connectivity index (χ2v) is 8.38. The molecule has 176 valence electrons. The van der Waals surface area contributed by atoms with Gasteiger partial charge in [0.2, 0.25) is 5.91 Å². The lowest BCUT2D eigenvalue weighted by Crippen LogP contribution is -2.38. The fourth-order valence-electron chi connectivity index (χ4n) is 4.16. The summed E-state index contributed by atoms with van der Waals surface area (Å²) in [4.78, 5) is 26.5. The van der Waals surface area contributed by atoms with E-state index in [1.54, 1.807) is 11.8 Å². The Morgan fingerprint density at radius 1 is 1.09 bits per heavy atom. The highest BCUT2D eigenvalue weighted by molar-refractivity contribution is 5.84. The van der Waals surface area contributed by atoms with E-state index in [1.165, 1.54) is 4.68 Å². The molecule has 2 aromatic carbocycles. The zero-order chi connectivity index (χ0) is 24.4.